The first-order valence-electron chi connectivity index (χ1n) is 8.65. The number of phenols is 1. The Bertz CT molecular complexity index is 1100. The highest BCUT2D eigenvalue weighted by Crippen LogP contribution is 2.38. The van der Waals surface area contributed by atoms with E-state index in [4.69, 9.17) is 27.9 Å². The van der Waals surface area contributed by atoms with Gasteiger partial charge in [0.15, 0.2) is 16.7 Å². The summed E-state index contributed by atoms with van der Waals surface area (Å²) in [6.07, 6.45) is 1.62. The van der Waals surface area contributed by atoms with Crippen molar-refractivity contribution in [3.8, 4) is 11.5 Å². The lowest BCUT2D eigenvalue weighted by Gasteiger charge is -2.08. The number of nitrogens with zero attached hydrogens (tertiary/aromatic N) is 2. The fourth-order valence-electron chi connectivity index (χ4n) is 2.60. The number of amidine groups is 1. The summed E-state index contributed by atoms with van der Waals surface area (Å²) in [6.45, 7) is 2.12. The zero-order valence-corrected chi connectivity index (χ0v) is 18.2. The molecule has 2 aromatic carbocycles. The molecule has 1 fully saturated rings. The van der Waals surface area contributed by atoms with E-state index in [0.29, 0.717) is 27.9 Å². The van der Waals surface area contributed by atoms with Crippen molar-refractivity contribution in [3.63, 3.8) is 0 Å². The van der Waals surface area contributed by atoms with Gasteiger partial charge in [-0.2, -0.15) is 0 Å². The summed E-state index contributed by atoms with van der Waals surface area (Å²) in [5.74, 6) is -1.40. The fraction of sp³-hybridized carbons (Fsp3) is 0.150. The Morgan fingerprint density at radius 3 is 2.67 bits per heavy atom. The molecule has 156 valence electrons. The Labute approximate surface area is 186 Å². The predicted molar refractivity (Wildman–Crippen MR) is 118 cm³/mol. The summed E-state index contributed by atoms with van der Waals surface area (Å²) in [7, 11) is 1.57. The van der Waals surface area contributed by atoms with Gasteiger partial charge in [0.25, 0.3) is 5.91 Å². The van der Waals surface area contributed by atoms with Gasteiger partial charge >= 0.3 is 5.97 Å². The van der Waals surface area contributed by atoms with Gasteiger partial charge in [0.1, 0.15) is 0 Å². The summed E-state index contributed by atoms with van der Waals surface area (Å²) in [5, 5.41) is 19.8. The van der Waals surface area contributed by atoms with Gasteiger partial charge in [-0.1, -0.05) is 23.2 Å². The molecule has 30 heavy (non-hydrogen) atoms. The molecule has 0 unspecified atom stereocenters. The lowest BCUT2D eigenvalue weighted by Crippen LogP contribution is -2.23. The minimum Gasteiger partial charge on any atom is -0.503 e. The van der Waals surface area contributed by atoms with Crippen molar-refractivity contribution in [3.05, 3.63) is 56.4 Å². The number of halogens is 2. The van der Waals surface area contributed by atoms with Crippen molar-refractivity contribution in [1.82, 2.24) is 4.90 Å². The molecule has 3 rings (SSSR count). The van der Waals surface area contributed by atoms with E-state index in [2.05, 4.69) is 4.99 Å². The smallest absolute Gasteiger partial charge is 0.337 e. The van der Waals surface area contributed by atoms with Crippen molar-refractivity contribution >= 4 is 63.8 Å². The lowest BCUT2D eigenvalue weighted by atomic mass is 10.2. The summed E-state index contributed by atoms with van der Waals surface area (Å²) in [4.78, 5) is 30.0. The number of phenolic OH excluding ortho intramolecular Hbond substituents is 1. The second-order valence-electron chi connectivity index (χ2n) is 6.12. The van der Waals surface area contributed by atoms with Crippen LogP contribution >= 0.6 is 35.0 Å². The highest BCUT2D eigenvalue weighted by Gasteiger charge is 2.30. The summed E-state index contributed by atoms with van der Waals surface area (Å²) >= 11 is 13.1. The molecule has 2 aromatic rings. The Morgan fingerprint density at radius 2 is 2.00 bits per heavy atom. The minimum atomic E-state index is -1.17. The number of likely N-dealkylation sites (N-methyl/N-ethyl adjacent to an activating group) is 1. The largest absolute Gasteiger partial charge is 0.503 e. The molecule has 0 spiro atoms. The van der Waals surface area contributed by atoms with Crippen LogP contribution in [-0.4, -0.2) is 45.8 Å². The van der Waals surface area contributed by atoms with Gasteiger partial charge in [-0.15, -0.1) is 0 Å². The number of carbonyl (C=O) groups is 2. The maximum atomic E-state index is 12.6. The van der Waals surface area contributed by atoms with Crippen LogP contribution in [0.25, 0.3) is 6.08 Å². The second kappa shape index (κ2) is 8.99. The van der Waals surface area contributed by atoms with Gasteiger partial charge in [0, 0.05) is 7.05 Å². The SMILES string of the molecule is CCOc1cc(/C=C2\SC(=Nc3ccc(Cl)c(C(=O)O)c3)N(C)C2=O)cc(Cl)c1O. The Balaban J connectivity index is 1.94. The monoisotopic (exact) mass is 466 g/mol. The Morgan fingerprint density at radius 1 is 1.27 bits per heavy atom. The Kier molecular flexibility index (Phi) is 6.60. The number of carboxylic acid groups (broad SMARTS) is 1. The first-order valence-corrected chi connectivity index (χ1v) is 10.2. The lowest BCUT2D eigenvalue weighted by molar-refractivity contribution is -0.121. The molecule has 0 aromatic heterocycles. The summed E-state index contributed by atoms with van der Waals surface area (Å²) in [5.41, 5.74) is 0.853. The van der Waals surface area contributed by atoms with Crippen LogP contribution in [0.1, 0.15) is 22.8 Å². The van der Waals surface area contributed by atoms with Crippen molar-refractivity contribution in [2.75, 3.05) is 13.7 Å². The van der Waals surface area contributed by atoms with Crippen LogP contribution < -0.4 is 4.74 Å². The van der Waals surface area contributed by atoms with E-state index in [9.17, 15) is 19.8 Å². The minimum absolute atomic E-state index is 0.0755. The number of aliphatic imine (C=N–C) groups is 1. The average molecular weight is 467 g/mol. The second-order valence-corrected chi connectivity index (χ2v) is 7.94. The van der Waals surface area contributed by atoms with E-state index in [0.717, 1.165) is 11.8 Å². The third kappa shape index (κ3) is 4.56. The molecule has 10 heteroatoms. The van der Waals surface area contributed by atoms with E-state index < -0.39 is 5.97 Å². The predicted octanol–water partition coefficient (Wildman–Crippen LogP) is 5.03. The fourth-order valence-corrected chi connectivity index (χ4v) is 4.01. The van der Waals surface area contributed by atoms with E-state index in [1.165, 1.54) is 23.1 Å². The maximum Gasteiger partial charge on any atom is 0.337 e. The third-order valence-electron chi connectivity index (χ3n) is 4.06. The van der Waals surface area contributed by atoms with Crippen LogP contribution in [0.2, 0.25) is 10.0 Å². The number of ether oxygens (including phenoxy) is 1. The molecule has 1 aliphatic rings. The zero-order chi connectivity index (χ0) is 22.0. The van der Waals surface area contributed by atoms with Gasteiger partial charge in [0.05, 0.1) is 32.8 Å². The van der Waals surface area contributed by atoms with Crippen LogP contribution in [0.5, 0.6) is 11.5 Å². The zero-order valence-electron chi connectivity index (χ0n) is 15.8. The summed E-state index contributed by atoms with van der Waals surface area (Å²) < 4.78 is 5.36. The third-order valence-corrected chi connectivity index (χ3v) is 5.73. The number of amides is 1. The maximum absolute atomic E-state index is 12.6. The average Bonchev–Trinajstić information content (AvgIpc) is 2.95. The van der Waals surface area contributed by atoms with E-state index in [-0.39, 0.29) is 33.0 Å². The molecular formula is C20H16Cl2N2O5S. The molecule has 1 amide bonds. The van der Waals surface area contributed by atoms with Crippen molar-refractivity contribution in [2.45, 2.75) is 6.92 Å². The molecule has 7 nitrogen and oxygen atoms in total. The molecule has 0 saturated carbocycles. The van der Waals surface area contributed by atoms with Gasteiger partial charge in [0.2, 0.25) is 0 Å². The first-order chi connectivity index (χ1) is 14.2. The first kappa shape index (κ1) is 22.0. The highest BCUT2D eigenvalue weighted by atomic mass is 35.5. The van der Waals surface area contributed by atoms with E-state index in [1.807, 2.05) is 0 Å². The van der Waals surface area contributed by atoms with E-state index in [1.54, 1.807) is 32.2 Å². The quantitative estimate of drug-likeness (QED) is 0.599. The van der Waals surface area contributed by atoms with Crippen molar-refractivity contribution in [2.24, 2.45) is 4.99 Å². The molecule has 0 radical (unpaired) electrons. The Hall–Kier alpha value is -2.68. The number of benzene rings is 2. The van der Waals surface area contributed by atoms with Crippen molar-refractivity contribution in [1.29, 1.82) is 0 Å². The van der Waals surface area contributed by atoms with E-state index >= 15 is 0 Å². The number of carboxylic acids is 1. The van der Waals surface area contributed by atoms with Gasteiger partial charge in [-0.3, -0.25) is 9.69 Å². The van der Waals surface area contributed by atoms with Crippen LogP contribution in [0.3, 0.4) is 0 Å². The normalized spacial score (nSPS) is 16.5. The van der Waals surface area contributed by atoms with Crippen LogP contribution in [0.15, 0.2) is 40.2 Å². The number of thioether (sulfide) groups is 1. The van der Waals surface area contributed by atoms with Crippen LogP contribution in [0.4, 0.5) is 5.69 Å². The van der Waals surface area contributed by atoms with Crippen molar-refractivity contribution < 1.29 is 24.5 Å². The molecule has 1 saturated heterocycles. The van der Waals surface area contributed by atoms with Gasteiger partial charge < -0.3 is 14.9 Å². The van der Waals surface area contributed by atoms with Gasteiger partial charge in [-0.05, 0) is 60.7 Å². The molecule has 1 aliphatic heterocycles. The molecule has 1 heterocycles. The number of hydrogen-bond donors (Lipinski definition) is 2. The molecule has 0 aliphatic carbocycles. The van der Waals surface area contributed by atoms with Crippen LogP contribution in [0, 0.1) is 0 Å². The highest BCUT2D eigenvalue weighted by molar-refractivity contribution is 8.18. The number of rotatable bonds is 5. The van der Waals surface area contributed by atoms with Crippen LogP contribution in [-0.2, 0) is 4.79 Å². The molecular weight excluding hydrogens is 451 g/mol. The molecule has 0 atom stereocenters. The number of aromatic carboxylic acids is 1. The standard InChI is InChI=1S/C20H16Cl2N2O5S/c1-3-29-15-7-10(6-14(22)17(15)25)8-16-18(26)24(2)20(30-16)23-11-4-5-13(21)12(9-11)19(27)28/h4-9,25H,3H2,1-2H3,(H,27,28)/b16-8-,23-20?. The summed E-state index contributed by atoms with van der Waals surface area (Å²) in [6, 6.07) is 7.45. The van der Waals surface area contributed by atoms with Gasteiger partial charge in [-0.25, -0.2) is 9.79 Å². The molecule has 2 N–H and O–H groups in total. The topological polar surface area (TPSA) is 99.4 Å². The number of carbonyl (C=O) groups excluding carboxylic acids is 1. The molecule has 0 bridgehead atoms. The number of hydrogen-bond acceptors (Lipinski definition) is 6. The number of aromatic hydroxyl groups is 1.